The van der Waals surface area contributed by atoms with Crippen molar-refractivity contribution >= 4 is 6.08 Å². The smallest absolute Gasteiger partial charge is 0.0254 e. The lowest BCUT2D eigenvalue weighted by molar-refractivity contribution is 0.801. The summed E-state index contributed by atoms with van der Waals surface area (Å²) in [6.45, 7) is 6.05. The fraction of sp³-hybridized carbons (Fsp3) is 0.286. The van der Waals surface area contributed by atoms with Crippen LogP contribution in [0.25, 0.3) is 6.08 Å². The van der Waals surface area contributed by atoms with E-state index in [2.05, 4.69) is 43.8 Å². The first-order chi connectivity index (χ1) is 6.86. The Labute approximate surface area is 87.0 Å². The van der Waals surface area contributed by atoms with Crippen LogP contribution in [0.15, 0.2) is 48.6 Å². The first-order valence-corrected chi connectivity index (χ1v) is 5.25. The molecule has 0 amide bonds. The molecule has 0 radical (unpaired) electrons. The lowest BCUT2D eigenvalue weighted by Gasteiger charge is -2.00. The van der Waals surface area contributed by atoms with E-state index in [1.807, 2.05) is 12.1 Å². The molecule has 0 atom stereocenters. The van der Waals surface area contributed by atoms with Crippen LogP contribution in [0.4, 0.5) is 0 Å². The van der Waals surface area contributed by atoms with E-state index in [-0.39, 0.29) is 0 Å². The Kier molecular flexibility index (Phi) is 4.77. The molecule has 0 nitrogen and oxygen atoms in total. The fourth-order valence-corrected chi connectivity index (χ4v) is 1.38. The van der Waals surface area contributed by atoms with Crippen molar-refractivity contribution in [2.45, 2.75) is 26.2 Å². The van der Waals surface area contributed by atoms with Gasteiger partial charge in [-0.3, -0.25) is 0 Å². The number of unbranched alkanes of at least 4 members (excludes halogenated alkanes) is 1. The van der Waals surface area contributed by atoms with E-state index in [4.69, 9.17) is 0 Å². The van der Waals surface area contributed by atoms with Gasteiger partial charge in [0.15, 0.2) is 0 Å². The van der Waals surface area contributed by atoms with Crippen LogP contribution in [0, 0.1) is 0 Å². The maximum atomic E-state index is 3.84. The van der Waals surface area contributed by atoms with Crippen molar-refractivity contribution in [2.24, 2.45) is 0 Å². The summed E-state index contributed by atoms with van der Waals surface area (Å²) in [7, 11) is 0. The van der Waals surface area contributed by atoms with Gasteiger partial charge < -0.3 is 0 Å². The maximum Gasteiger partial charge on any atom is -0.0254 e. The summed E-state index contributed by atoms with van der Waals surface area (Å²) in [5.41, 5.74) is 2.59. The molecule has 0 bridgehead atoms. The van der Waals surface area contributed by atoms with Crippen molar-refractivity contribution in [1.29, 1.82) is 0 Å². The van der Waals surface area contributed by atoms with Gasteiger partial charge >= 0.3 is 0 Å². The topological polar surface area (TPSA) is 0 Å². The molecule has 0 heterocycles. The molecule has 1 aromatic rings. The van der Waals surface area contributed by atoms with Gasteiger partial charge in [-0.15, -0.1) is 0 Å². The average Bonchev–Trinajstić information content (AvgIpc) is 2.25. The Morgan fingerprint density at radius 2 is 2.00 bits per heavy atom. The Bertz CT molecular complexity index is 293. The van der Waals surface area contributed by atoms with Crippen molar-refractivity contribution in [3.05, 3.63) is 54.1 Å². The Hall–Kier alpha value is -1.30. The van der Waals surface area contributed by atoms with E-state index < -0.39 is 0 Å². The molecule has 74 valence electrons. The average molecular weight is 186 g/mol. The van der Waals surface area contributed by atoms with Crippen molar-refractivity contribution in [3.63, 3.8) is 0 Å². The summed E-state index contributed by atoms with van der Waals surface area (Å²) in [5.74, 6) is 0. The molecule has 1 rings (SSSR count). The zero-order valence-corrected chi connectivity index (χ0v) is 8.87. The number of hydrogen-bond acceptors (Lipinski definition) is 0. The summed E-state index contributed by atoms with van der Waals surface area (Å²) in [6, 6.07) is 10.4. The van der Waals surface area contributed by atoms with Gasteiger partial charge in [0.05, 0.1) is 0 Å². The molecule has 0 saturated carbocycles. The van der Waals surface area contributed by atoms with Crippen molar-refractivity contribution in [2.75, 3.05) is 0 Å². The third-order valence-electron chi connectivity index (χ3n) is 2.23. The molecule has 14 heavy (non-hydrogen) atoms. The van der Waals surface area contributed by atoms with Crippen LogP contribution in [0.1, 0.15) is 31.7 Å². The van der Waals surface area contributed by atoms with Crippen molar-refractivity contribution in [3.8, 4) is 0 Å². The van der Waals surface area contributed by atoms with E-state index in [9.17, 15) is 0 Å². The predicted octanol–water partition coefficient (Wildman–Crippen LogP) is 4.45. The predicted molar refractivity (Wildman–Crippen MR) is 64.1 cm³/mol. The molecule has 0 aliphatic rings. The third-order valence-corrected chi connectivity index (χ3v) is 2.23. The number of rotatable bonds is 5. The molecule has 0 fully saturated rings. The summed E-state index contributed by atoms with van der Waals surface area (Å²) in [5, 5.41) is 0. The Morgan fingerprint density at radius 3 is 2.57 bits per heavy atom. The monoisotopic (exact) mass is 186 g/mol. The van der Waals surface area contributed by atoms with E-state index in [1.165, 1.54) is 24.0 Å². The number of hydrogen-bond donors (Lipinski definition) is 0. The molecule has 0 spiro atoms. The van der Waals surface area contributed by atoms with E-state index in [0.717, 1.165) is 6.42 Å². The minimum absolute atomic E-state index is 1.13. The van der Waals surface area contributed by atoms with Crippen molar-refractivity contribution in [1.82, 2.24) is 0 Å². The fourth-order valence-electron chi connectivity index (χ4n) is 1.38. The van der Waals surface area contributed by atoms with Crippen LogP contribution in [0.5, 0.6) is 0 Å². The quantitative estimate of drug-likeness (QED) is 0.596. The van der Waals surface area contributed by atoms with Gasteiger partial charge in [-0.25, -0.2) is 0 Å². The normalized spacial score (nSPS) is 11.4. The third kappa shape index (κ3) is 3.61. The van der Waals surface area contributed by atoms with E-state index in [0.29, 0.717) is 0 Å². The molecule has 0 N–H and O–H groups in total. The van der Waals surface area contributed by atoms with Crippen LogP contribution >= 0.6 is 0 Å². The minimum Gasteiger partial charge on any atom is -0.0988 e. The maximum absolute atomic E-state index is 3.84. The molecule has 0 aliphatic carbocycles. The SMILES string of the molecule is C=C/C(=C/c1ccccc1)CCCC. The summed E-state index contributed by atoms with van der Waals surface area (Å²) >= 11 is 0. The Morgan fingerprint density at radius 1 is 1.29 bits per heavy atom. The highest BCUT2D eigenvalue weighted by Crippen LogP contribution is 2.13. The molecular formula is C14H18. The largest absolute Gasteiger partial charge is 0.0988 e. The lowest BCUT2D eigenvalue weighted by Crippen LogP contribution is -1.79. The number of benzene rings is 1. The second kappa shape index (κ2) is 6.20. The van der Waals surface area contributed by atoms with Crippen LogP contribution in [0.3, 0.4) is 0 Å². The highest BCUT2D eigenvalue weighted by atomic mass is 14.0. The van der Waals surface area contributed by atoms with Crippen LogP contribution in [-0.2, 0) is 0 Å². The van der Waals surface area contributed by atoms with E-state index >= 15 is 0 Å². The summed E-state index contributed by atoms with van der Waals surface area (Å²) < 4.78 is 0. The minimum atomic E-state index is 1.13. The van der Waals surface area contributed by atoms with Crippen molar-refractivity contribution < 1.29 is 0 Å². The number of allylic oxidation sites excluding steroid dienone is 2. The highest BCUT2D eigenvalue weighted by molar-refractivity contribution is 5.55. The Balaban J connectivity index is 2.68. The van der Waals surface area contributed by atoms with Gasteiger partial charge in [-0.05, 0) is 24.0 Å². The van der Waals surface area contributed by atoms with Gasteiger partial charge in [-0.2, -0.15) is 0 Å². The molecule has 0 unspecified atom stereocenters. The highest BCUT2D eigenvalue weighted by Gasteiger charge is 1.92. The van der Waals surface area contributed by atoms with Crippen LogP contribution in [0.2, 0.25) is 0 Å². The molecule has 0 saturated heterocycles. The zero-order valence-electron chi connectivity index (χ0n) is 8.87. The first-order valence-electron chi connectivity index (χ1n) is 5.25. The lowest BCUT2D eigenvalue weighted by atomic mass is 10.1. The molecule has 0 heteroatoms. The second-order valence-corrected chi connectivity index (χ2v) is 3.44. The molecule has 1 aromatic carbocycles. The summed E-state index contributed by atoms with van der Waals surface area (Å²) in [4.78, 5) is 0. The van der Waals surface area contributed by atoms with Crippen LogP contribution in [-0.4, -0.2) is 0 Å². The van der Waals surface area contributed by atoms with Gasteiger partial charge in [-0.1, -0.05) is 62.4 Å². The van der Waals surface area contributed by atoms with Gasteiger partial charge in [0.2, 0.25) is 0 Å². The van der Waals surface area contributed by atoms with Crippen LogP contribution < -0.4 is 0 Å². The standard InChI is InChI=1S/C14H18/c1-3-5-9-13(4-2)12-14-10-7-6-8-11-14/h4,6-8,10-12H,2-3,5,9H2,1H3/b13-12-. The molecule has 0 aromatic heterocycles. The van der Waals surface area contributed by atoms with E-state index in [1.54, 1.807) is 0 Å². The molecule has 0 aliphatic heterocycles. The molecular weight excluding hydrogens is 168 g/mol. The zero-order chi connectivity index (χ0) is 10.2. The van der Waals surface area contributed by atoms with Gasteiger partial charge in [0.1, 0.15) is 0 Å². The van der Waals surface area contributed by atoms with Gasteiger partial charge in [0, 0.05) is 0 Å². The second-order valence-electron chi connectivity index (χ2n) is 3.44. The summed E-state index contributed by atoms with van der Waals surface area (Å²) in [6.07, 6.45) is 7.78. The van der Waals surface area contributed by atoms with Gasteiger partial charge in [0.25, 0.3) is 0 Å². The first kappa shape index (κ1) is 10.8.